The lowest BCUT2D eigenvalue weighted by atomic mass is 10.1. The normalized spacial score (nSPS) is 10.1. The van der Waals surface area contributed by atoms with E-state index in [-0.39, 0.29) is 5.97 Å². The van der Waals surface area contributed by atoms with Crippen molar-refractivity contribution in [2.45, 2.75) is 6.92 Å². The summed E-state index contributed by atoms with van der Waals surface area (Å²) >= 11 is 0. The SMILES string of the molecule is COC(=O)c1ccccc1N(C)c1ccc(C)cc1. The fourth-order valence-electron chi connectivity index (χ4n) is 1.96. The smallest absolute Gasteiger partial charge is 0.339 e. The van der Waals surface area contributed by atoms with Crippen LogP contribution >= 0.6 is 0 Å². The Morgan fingerprint density at radius 2 is 1.68 bits per heavy atom. The highest BCUT2D eigenvalue weighted by molar-refractivity contribution is 5.96. The largest absolute Gasteiger partial charge is 0.465 e. The van der Waals surface area contributed by atoms with Gasteiger partial charge in [-0.3, -0.25) is 0 Å². The number of carbonyl (C=O) groups is 1. The van der Waals surface area contributed by atoms with Crippen LogP contribution < -0.4 is 4.90 Å². The predicted molar refractivity (Wildman–Crippen MR) is 77.0 cm³/mol. The minimum Gasteiger partial charge on any atom is -0.465 e. The lowest BCUT2D eigenvalue weighted by Crippen LogP contribution is -2.14. The molecular formula is C16H17NO2. The van der Waals surface area contributed by atoms with Crippen LogP contribution in [0, 0.1) is 6.92 Å². The summed E-state index contributed by atoms with van der Waals surface area (Å²) in [7, 11) is 3.33. The van der Waals surface area contributed by atoms with E-state index in [2.05, 4.69) is 0 Å². The molecule has 0 heterocycles. The molecule has 98 valence electrons. The van der Waals surface area contributed by atoms with Gasteiger partial charge in [0.1, 0.15) is 0 Å². The molecule has 0 saturated carbocycles. The van der Waals surface area contributed by atoms with Crippen LogP contribution in [-0.2, 0) is 4.74 Å². The maximum atomic E-state index is 11.8. The Labute approximate surface area is 113 Å². The molecule has 2 aromatic carbocycles. The van der Waals surface area contributed by atoms with Crippen molar-refractivity contribution in [1.82, 2.24) is 0 Å². The Balaban J connectivity index is 2.41. The highest BCUT2D eigenvalue weighted by Gasteiger charge is 2.14. The van der Waals surface area contributed by atoms with Crippen molar-refractivity contribution < 1.29 is 9.53 Å². The van der Waals surface area contributed by atoms with E-state index in [1.807, 2.05) is 61.3 Å². The Morgan fingerprint density at radius 3 is 2.32 bits per heavy atom. The van der Waals surface area contributed by atoms with Crippen LogP contribution in [-0.4, -0.2) is 20.1 Å². The van der Waals surface area contributed by atoms with Gasteiger partial charge in [-0.1, -0.05) is 29.8 Å². The molecule has 2 aromatic rings. The summed E-state index contributed by atoms with van der Waals surface area (Å²) in [5.41, 5.74) is 3.63. The number of ether oxygens (including phenoxy) is 1. The van der Waals surface area contributed by atoms with Gasteiger partial charge in [-0.15, -0.1) is 0 Å². The molecule has 0 aliphatic rings. The molecule has 0 spiro atoms. The van der Waals surface area contributed by atoms with Gasteiger partial charge < -0.3 is 9.64 Å². The molecule has 2 rings (SSSR count). The highest BCUT2D eigenvalue weighted by atomic mass is 16.5. The zero-order valence-corrected chi connectivity index (χ0v) is 11.4. The topological polar surface area (TPSA) is 29.5 Å². The number of methoxy groups -OCH3 is 1. The number of hydrogen-bond donors (Lipinski definition) is 0. The van der Waals surface area contributed by atoms with E-state index in [0.717, 1.165) is 11.4 Å². The first kappa shape index (κ1) is 13.1. The molecule has 0 aliphatic heterocycles. The number of benzene rings is 2. The third-order valence-electron chi connectivity index (χ3n) is 3.09. The Hall–Kier alpha value is -2.29. The van der Waals surface area contributed by atoms with Crippen molar-refractivity contribution in [3.63, 3.8) is 0 Å². The van der Waals surface area contributed by atoms with Crippen LogP contribution in [0.3, 0.4) is 0 Å². The average Bonchev–Trinajstić information content (AvgIpc) is 2.46. The zero-order chi connectivity index (χ0) is 13.8. The molecule has 0 fully saturated rings. The number of nitrogens with zero attached hydrogens (tertiary/aromatic N) is 1. The van der Waals surface area contributed by atoms with Gasteiger partial charge in [0.05, 0.1) is 18.4 Å². The van der Waals surface area contributed by atoms with Gasteiger partial charge in [0.15, 0.2) is 0 Å². The number of carbonyl (C=O) groups excluding carboxylic acids is 1. The molecule has 0 atom stereocenters. The maximum Gasteiger partial charge on any atom is 0.339 e. The van der Waals surface area contributed by atoms with Crippen molar-refractivity contribution in [1.29, 1.82) is 0 Å². The Kier molecular flexibility index (Phi) is 3.85. The van der Waals surface area contributed by atoms with E-state index < -0.39 is 0 Å². The second-order valence-electron chi connectivity index (χ2n) is 4.40. The average molecular weight is 255 g/mol. The van der Waals surface area contributed by atoms with E-state index in [4.69, 9.17) is 4.74 Å². The first-order valence-corrected chi connectivity index (χ1v) is 6.11. The molecule has 0 unspecified atom stereocenters. The van der Waals surface area contributed by atoms with Crippen molar-refractivity contribution in [3.8, 4) is 0 Å². The first-order valence-electron chi connectivity index (χ1n) is 6.11. The molecule has 19 heavy (non-hydrogen) atoms. The minimum absolute atomic E-state index is 0.324. The Bertz CT molecular complexity index is 576. The summed E-state index contributed by atoms with van der Waals surface area (Å²) in [5.74, 6) is -0.324. The molecule has 0 N–H and O–H groups in total. The Morgan fingerprint density at radius 1 is 1.05 bits per heavy atom. The van der Waals surface area contributed by atoms with Crippen LogP contribution in [0.2, 0.25) is 0 Å². The molecule has 0 aliphatic carbocycles. The van der Waals surface area contributed by atoms with Gasteiger partial charge in [-0.2, -0.15) is 0 Å². The van der Waals surface area contributed by atoms with Gasteiger partial charge in [0.25, 0.3) is 0 Å². The van der Waals surface area contributed by atoms with Gasteiger partial charge in [-0.05, 0) is 31.2 Å². The summed E-state index contributed by atoms with van der Waals surface area (Å²) in [6, 6.07) is 15.6. The maximum absolute atomic E-state index is 11.8. The number of para-hydroxylation sites is 1. The van der Waals surface area contributed by atoms with Crippen molar-refractivity contribution in [3.05, 3.63) is 59.7 Å². The molecule has 0 radical (unpaired) electrons. The molecule has 0 bridgehead atoms. The van der Waals surface area contributed by atoms with E-state index in [1.165, 1.54) is 12.7 Å². The van der Waals surface area contributed by atoms with Crippen LogP contribution in [0.1, 0.15) is 15.9 Å². The van der Waals surface area contributed by atoms with Gasteiger partial charge in [0.2, 0.25) is 0 Å². The number of hydrogen-bond acceptors (Lipinski definition) is 3. The minimum atomic E-state index is -0.324. The second-order valence-corrected chi connectivity index (χ2v) is 4.40. The molecule has 3 heteroatoms. The summed E-state index contributed by atoms with van der Waals surface area (Å²) < 4.78 is 4.82. The monoisotopic (exact) mass is 255 g/mol. The van der Waals surface area contributed by atoms with Gasteiger partial charge >= 0.3 is 5.97 Å². The summed E-state index contributed by atoms with van der Waals surface area (Å²) in [5, 5.41) is 0. The molecule has 0 aromatic heterocycles. The van der Waals surface area contributed by atoms with E-state index >= 15 is 0 Å². The van der Waals surface area contributed by atoms with E-state index in [9.17, 15) is 4.79 Å². The lowest BCUT2D eigenvalue weighted by Gasteiger charge is -2.21. The first-order chi connectivity index (χ1) is 9.13. The van der Waals surface area contributed by atoms with Crippen LogP contribution in [0.15, 0.2) is 48.5 Å². The fourth-order valence-corrected chi connectivity index (χ4v) is 1.96. The molecule has 0 saturated heterocycles. The fraction of sp³-hybridized carbons (Fsp3) is 0.188. The third kappa shape index (κ3) is 2.76. The molecule has 0 amide bonds. The van der Waals surface area contributed by atoms with E-state index in [1.54, 1.807) is 6.07 Å². The summed E-state index contributed by atoms with van der Waals surface area (Å²) in [6.07, 6.45) is 0. The third-order valence-corrected chi connectivity index (χ3v) is 3.09. The quantitative estimate of drug-likeness (QED) is 0.785. The second kappa shape index (κ2) is 5.57. The van der Waals surface area contributed by atoms with Gasteiger partial charge in [-0.25, -0.2) is 4.79 Å². The predicted octanol–water partition coefficient (Wildman–Crippen LogP) is 3.55. The highest BCUT2D eigenvalue weighted by Crippen LogP contribution is 2.27. The number of aryl methyl sites for hydroxylation is 1. The number of esters is 1. The standard InChI is InChI=1S/C16H17NO2/c1-12-8-10-13(11-9-12)17(2)15-7-5-4-6-14(15)16(18)19-3/h4-11H,1-3H3. The number of rotatable bonds is 3. The summed E-state index contributed by atoms with van der Waals surface area (Å²) in [6.45, 7) is 2.05. The van der Waals surface area contributed by atoms with Gasteiger partial charge in [0, 0.05) is 12.7 Å². The molecular weight excluding hydrogens is 238 g/mol. The van der Waals surface area contributed by atoms with Crippen LogP contribution in [0.25, 0.3) is 0 Å². The van der Waals surface area contributed by atoms with Crippen molar-refractivity contribution in [2.24, 2.45) is 0 Å². The van der Waals surface area contributed by atoms with Crippen LogP contribution in [0.4, 0.5) is 11.4 Å². The number of anilines is 2. The van der Waals surface area contributed by atoms with Crippen molar-refractivity contribution in [2.75, 3.05) is 19.1 Å². The van der Waals surface area contributed by atoms with E-state index in [0.29, 0.717) is 5.56 Å². The lowest BCUT2D eigenvalue weighted by molar-refractivity contribution is 0.0601. The van der Waals surface area contributed by atoms with Crippen LogP contribution in [0.5, 0.6) is 0 Å². The summed E-state index contributed by atoms with van der Waals surface area (Å²) in [4.78, 5) is 13.8. The zero-order valence-electron chi connectivity index (χ0n) is 11.4. The molecule has 3 nitrogen and oxygen atoms in total. The van der Waals surface area contributed by atoms with Crippen molar-refractivity contribution >= 4 is 17.3 Å².